The first-order valence-electron chi connectivity index (χ1n) is 9.14. The van der Waals surface area contributed by atoms with Crippen LogP contribution in [0.25, 0.3) is 0 Å². The third kappa shape index (κ3) is 5.99. The summed E-state index contributed by atoms with van der Waals surface area (Å²) in [5.74, 6) is 0.596. The maximum absolute atomic E-state index is 12.2. The minimum absolute atomic E-state index is 0.0976. The Kier molecular flexibility index (Phi) is 7.83. The third-order valence-corrected chi connectivity index (χ3v) is 4.30. The smallest absolute Gasteiger partial charge is 0.274 e. The molecule has 0 fully saturated rings. The van der Waals surface area contributed by atoms with Crippen molar-refractivity contribution in [2.45, 2.75) is 39.2 Å². The van der Waals surface area contributed by atoms with Gasteiger partial charge in [0.05, 0.1) is 13.2 Å². The molecule has 2 amide bonds. The Hall–Kier alpha value is -3.06. The van der Waals surface area contributed by atoms with Gasteiger partial charge in [-0.15, -0.1) is 0 Å². The van der Waals surface area contributed by atoms with Gasteiger partial charge in [0, 0.05) is 17.7 Å². The Bertz CT molecular complexity index is 805. The molecule has 3 N–H and O–H groups in total. The van der Waals surface area contributed by atoms with Gasteiger partial charge in [-0.2, -0.15) is 0 Å². The van der Waals surface area contributed by atoms with Crippen LogP contribution in [0.15, 0.2) is 42.5 Å². The average molecular weight is 386 g/mol. The van der Waals surface area contributed by atoms with E-state index in [1.807, 2.05) is 25.1 Å². The van der Waals surface area contributed by atoms with E-state index in [0.29, 0.717) is 35.6 Å². The topological polar surface area (TPSA) is 96.9 Å². The van der Waals surface area contributed by atoms with E-state index in [4.69, 9.17) is 14.7 Å². The summed E-state index contributed by atoms with van der Waals surface area (Å²) in [6.07, 6.45) is 1.85. The zero-order valence-corrected chi connectivity index (χ0v) is 16.3. The second-order valence-corrected chi connectivity index (χ2v) is 6.39. The number of nitrogens with one attached hydrogen (secondary N) is 2. The van der Waals surface area contributed by atoms with Crippen LogP contribution < -0.4 is 20.3 Å². The van der Waals surface area contributed by atoms with Crippen LogP contribution in [-0.4, -0.2) is 30.2 Å². The van der Waals surface area contributed by atoms with Crippen molar-refractivity contribution in [1.29, 1.82) is 0 Å². The molecule has 1 atom stereocenters. The van der Waals surface area contributed by atoms with E-state index in [0.717, 1.165) is 12.0 Å². The molecule has 0 aromatic heterocycles. The van der Waals surface area contributed by atoms with Crippen molar-refractivity contribution >= 4 is 17.5 Å². The lowest BCUT2D eigenvalue weighted by atomic mass is 10.1. The number of rotatable bonds is 9. The Morgan fingerprint density at radius 1 is 1.11 bits per heavy atom. The van der Waals surface area contributed by atoms with Crippen LogP contribution in [0.2, 0.25) is 0 Å². The van der Waals surface area contributed by atoms with Gasteiger partial charge in [-0.3, -0.25) is 14.8 Å². The van der Waals surface area contributed by atoms with Crippen LogP contribution in [0, 0.1) is 0 Å². The van der Waals surface area contributed by atoms with Gasteiger partial charge >= 0.3 is 0 Å². The maximum Gasteiger partial charge on any atom is 0.274 e. The summed E-state index contributed by atoms with van der Waals surface area (Å²) in [6, 6.07) is 11.9. The number of carbonyl (C=O) groups excluding carboxylic acids is 2. The van der Waals surface area contributed by atoms with Crippen LogP contribution in [0.4, 0.5) is 5.69 Å². The van der Waals surface area contributed by atoms with Crippen LogP contribution >= 0.6 is 0 Å². The molecule has 0 saturated carbocycles. The molecule has 2 aromatic carbocycles. The molecule has 2 aromatic rings. The number of hydroxylamine groups is 1. The van der Waals surface area contributed by atoms with E-state index in [1.165, 1.54) is 12.1 Å². The summed E-state index contributed by atoms with van der Waals surface area (Å²) in [6.45, 7) is 4.06. The van der Waals surface area contributed by atoms with Gasteiger partial charge in [0.1, 0.15) is 0 Å². The predicted molar refractivity (Wildman–Crippen MR) is 106 cm³/mol. The standard InChI is InChI=1S/C21H26N2O5/c1-4-14(2)28-18-11-5-15(13-19(18)27-3)6-12-20(24)22-17-9-7-16(8-10-17)21(25)23-26/h5,7-11,13-14,26H,4,6,12H2,1-3H3,(H,22,24)(H,23,25). The molecule has 150 valence electrons. The molecule has 0 aliphatic rings. The van der Waals surface area contributed by atoms with Crippen molar-refractivity contribution in [2.75, 3.05) is 12.4 Å². The molecule has 7 nitrogen and oxygen atoms in total. The quantitative estimate of drug-likeness (QED) is 0.452. The Morgan fingerprint density at radius 2 is 1.82 bits per heavy atom. The van der Waals surface area contributed by atoms with Crippen molar-refractivity contribution in [2.24, 2.45) is 0 Å². The molecule has 1 unspecified atom stereocenters. The van der Waals surface area contributed by atoms with E-state index in [-0.39, 0.29) is 12.0 Å². The molecule has 7 heteroatoms. The van der Waals surface area contributed by atoms with Gasteiger partial charge in [0.15, 0.2) is 11.5 Å². The monoisotopic (exact) mass is 386 g/mol. The first-order chi connectivity index (χ1) is 13.5. The summed E-state index contributed by atoms with van der Waals surface area (Å²) < 4.78 is 11.2. The zero-order chi connectivity index (χ0) is 20.5. The molecule has 28 heavy (non-hydrogen) atoms. The van der Waals surface area contributed by atoms with Gasteiger partial charge in [-0.05, 0) is 61.7 Å². The van der Waals surface area contributed by atoms with Crippen LogP contribution in [0.5, 0.6) is 11.5 Å². The molecule has 0 saturated heterocycles. The van der Waals surface area contributed by atoms with Gasteiger partial charge in [-0.25, -0.2) is 5.48 Å². The number of aryl methyl sites for hydroxylation is 1. The molecule has 0 spiro atoms. The van der Waals surface area contributed by atoms with E-state index >= 15 is 0 Å². The number of methoxy groups -OCH3 is 1. The second-order valence-electron chi connectivity index (χ2n) is 6.39. The van der Waals surface area contributed by atoms with Gasteiger partial charge in [0.25, 0.3) is 5.91 Å². The van der Waals surface area contributed by atoms with E-state index in [2.05, 4.69) is 12.2 Å². The average Bonchev–Trinajstić information content (AvgIpc) is 2.72. The molecule has 0 aliphatic carbocycles. The fraction of sp³-hybridized carbons (Fsp3) is 0.333. The zero-order valence-electron chi connectivity index (χ0n) is 16.3. The van der Waals surface area contributed by atoms with Gasteiger partial charge in [-0.1, -0.05) is 13.0 Å². The second kappa shape index (κ2) is 10.3. The number of benzene rings is 2. The number of ether oxygens (including phenoxy) is 2. The van der Waals surface area contributed by atoms with Crippen molar-refractivity contribution < 1.29 is 24.3 Å². The molecule has 0 bridgehead atoms. The van der Waals surface area contributed by atoms with Gasteiger partial charge in [0.2, 0.25) is 5.91 Å². The lowest BCUT2D eigenvalue weighted by Crippen LogP contribution is -2.18. The summed E-state index contributed by atoms with van der Waals surface area (Å²) in [5.41, 5.74) is 3.41. The lowest BCUT2D eigenvalue weighted by molar-refractivity contribution is -0.116. The largest absolute Gasteiger partial charge is 0.493 e. The Balaban J connectivity index is 1.92. The van der Waals surface area contributed by atoms with Crippen LogP contribution in [0.3, 0.4) is 0 Å². The van der Waals surface area contributed by atoms with E-state index in [9.17, 15) is 9.59 Å². The number of anilines is 1. The molecule has 2 rings (SSSR count). The predicted octanol–water partition coefficient (Wildman–Crippen LogP) is 3.56. The number of hydrogen-bond acceptors (Lipinski definition) is 5. The highest BCUT2D eigenvalue weighted by molar-refractivity contribution is 5.95. The Labute approximate surface area is 164 Å². The molecular weight excluding hydrogens is 360 g/mol. The van der Waals surface area contributed by atoms with Crippen LogP contribution in [0.1, 0.15) is 42.6 Å². The normalized spacial score (nSPS) is 11.4. The van der Waals surface area contributed by atoms with Crippen molar-refractivity contribution in [3.05, 3.63) is 53.6 Å². The Morgan fingerprint density at radius 3 is 2.43 bits per heavy atom. The van der Waals surface area contributed by atoms with Crippen molar-refractivity contribution in [1.82, 2.24) is 5.48 Å². The fourth-order valence-electron chi connectivity index (χ4n) is 2.52. The summed E-state index contributed by atoms with van der Waals surface area (Å²) in [4.78, 5) is 23.5. The first-order valence-corrected chi connectivity index (χ1v) is 9.14. The van der Waals surface area contributed by atoms with E-state index in [1.54, 1.807) is 24.7 Å². The van der Waals surface area contributed by atoms with Crippen LogP contribution in [-0.2, 0) is 11.2 Å². The summed E-state index contributed by atoms with van der Waals surface area (Å²) >= 11 is 0. The highest BCUT2D eigenvalue weighted by Crippen LogP contribution is 2.29. The lowest BCUT2D eigenvalue weighted by Gasteiger charge is -2.16. The number of amides is 2. The molecule has 0 aliphatic heterocycles. The van der Waals surface area contributed by atoms with Crippen molar-refractivity contribution in [3.63, 3.8) is 0 Å². The summed E-state index contributed by atoms with van der Waals surface area (Å²) in [7, 11) is 1.59. The fourth-order valence-corrected chi connectivity index (χ4v) is 2.52. The van der Waals surface area contributed by atoms with E-state index < -0.39 is 5.91 Å². The number of hydrogen-bond donors (Lipinski definition) is 3. The molecule has 0 heterocycles. The summed E-state index contributed by atoms with van der Waals surface area (Å²) in [5, 5.41) is 11.4. The highest BCUT2D eigenvalue weighted by atomic mass is 16.5. The minimum Gasteiger partial charge on any atom is -0.493 e. The first kappa shape index (κ1) is 21.2. The molecule has 0 radical (unpaired) electrons. The SMILES string of the molecule is CCC(C)Oc1ccc(CCC(=O)Nc2ccc(C(=O)NO)cc2)cc1OC. The number of carbonyl (C=O) groups is 2. The third-order valence-electron chi connectivity index (χ3n) is 4.30. The molecular formula is C21H26N2O5. The minimum atomic E-state index is -0.604. The highest BCUT2D eigenvalue weighted by Gasteiger charge is 2.11. The van der Waals surface area contributed by atoms with Gasteiger partial charge < -0.3 is 14.8 Å². The van der Waals surface area contributed by atoms with Crippen molar-refractivity contribution in [3.8, 4) is 11.5 Å². The maximum atomic E-state index is 12.2.